The van der Waals surface area contributed by atoms with Crippen molar-refractivity contribution in [3.63, 3.8) is 0 Å². The van der Waals surface area contributed by atoms with Crippen LogP contribution < -0.4 is 16.6 Å². The summed E-state index contributed by atoms with van der Waals surface area (Å²) >= 11 is 0. The summed E-state index contributed by atoms with van der Waals surface area (Å²) in [6, 6.07) is 9.30. The Morgan fingerprint density at radius 1 is 1.24 bits per heavy atom. The highest BCUT2D eigenvalue weighted by atomic mass is 16.2. The summed E-state index contributed by atoms with van der Waals surface area (Å²) in [6.07, 6.45) is 3.48. The zero-order valence-corrected chi connectivity index (χ0v) is 16.6. The number of nitrogens with one attached hydrogen (secondary N) is 2. The summed E-state index contributed by atoms with van der Waals surface area (Å²) in [6.45, 7) is 4.39. The number of para-hydroxylation sites is 1. The second-order valence-corrected chi connectivity index (χ2v) is 7.44. The molecule has 2 heterocycles. The highest BCUT2D eigenvalue weighted by Gasteiger charge is 2.28. The number of carbonyl (C=O) groups is 1. The van der Waals surface area contributed by atoms with Crippen LogP contribution in [0.5, 0.6) is 0 Å². The van der Waals surface area contributed by atoms with E-state index in [-0.39, 0.29) is 22.8 Å². The molecule has 1 aliphatic carbocycles. The number of nitrogens with zero attached hydrogens (tertiary/aromatic N) is 2. The first-order valence-corrected chi connectivity index (χ1v) is 10.1. The largest absolute Gasteiger partial charge is 0.329 e. The van der Waals surface area contributed by atoms with Gasteiger partial charge in [-0.3, -0.25) is 19.1 Å². The van der Waals surface area contributed by atoms with E-state index in [2.05, 4.69) is 15.3 Å². The zero-order chi connectivity index (χ0) is 20.5. The summed E-state index contributed by atoms with van der Waals surface area (Å²) in [4.78, 5) is 45.2. The molecule has 29 heavy (non-hydrogen) atoms. The zero-order valence-electron chi connectivity index (χ0n) is 16.6. The quantitative estimate of drug-likeness (QED) is 0.673. The Balaban J connectivity index is 1.91. The molecule has 1 aromatic carbocycles. The average Bonchev–Trinajstić information content (AvgIpc) is 3.56. The van der Waals surface area contributed by atoms with Crippen LogP contribution in [0, 0.1) is 0 Å². The number of anilines is 1. The molecule has 1 fully saturated rings. The molecule has 2 N–H and O–H groups in total. The second-order valence-electron chi connectivity index (χ2n) is 7.44. The van der Waals surface area contributed by atoms with Gasteiger partial charge in [-0.15, -0.1) is 0 Å². The number of rotatable bonds is 6. The molecule has 7 nitrogen and oxygen atoms in total. The van der Waals surface area contributed by atoms with Gasteiger partial charge in [-0.2, -0.15) is 0 Å². The molecule has 4 rings (SSSR count). The van der Waals surface area contributed by atoms with Gasteiger partial charge in [-0.25, -0.2) is 9.78 Å². The maximum atomic E-state index is 13.2. The standard InChI is InChI=1S/C22H24N4O3/c1-3-11-26-19-18(21(28)25-22(26)29)15(12-17(23-19)14-9-10-14)20(27)24-16-8-6-5-7-13(16)4-2/h5-8,12,14H,3-4,9-11H2,1-2H3,(H,24,27)(H,25,28,29). The van der Waals surface area contributed by atoms with E-state index in [0.29, 0.717) is 18.6 Å². The van der Waals surface area contributed by atoms with Gasteiger partial charge < -0.3 is 5.32 Å². The fraction of sp³-hybridized carbons (Fsp3) is 0.364. The number of carbonyl (C=O) groups excluding carboxylic acids is 1. The van der Waals surface area contributed by atoms with Crippen LogP contribution in [0.25, 0.3) is 11.0 Å². The molecule has 0 bridgehead atoms. The number of fused-ring (bicyclic) bond motifs is 1. The molecule has 0 spiro atoms. The lowest BCUT2D eigenvalue weighted by Gasteiger charge is -2.14. The maximum Gasteiger partial charge on any atom is 0.329 e. The van der Waals surface area contributed by atoms with Crippen LogP contribution in [0.4, 0.5) is 5.69 Å². The van der Waals surface area contributed by atoms with Crippen LogP contribution in [0.3, 0.4) is 0 Å². The summed E-state index contributed by atoms with van der Waals surface area (Å²) in [5, 5.41) is 3.10. The molecule has 1 saturated carbocycles. The fourth-order valence-corrected chi connectivity index (χ4v) is 3.63. The van der Waals surface area contributed by atoms with Gasteiger partial charge in [0.15, 0.2) is 5.65 Å². The number of H-pyrrole nitrogens is 1. The molecule has 7 heteroatoms. The Bertz CT molecular complexity index is 1200. The smallest absolute Gasteiger partial charge is 0.322 e. The first-order chi connectivity index (χ1) is 14.0. The van der Waals surface area contributed by atoms with E-state index in [4.69, 9.17) is 0 Å². The Kier molecular flexibility index (Phi) is 5.05. The molecule has 1 amide bonds. The van der Waals surface area contributed by atoms with Crippen molar-refractivity contribution in [2.45, 2.75) is 52.0 Å². The Morgan fingerprint density at radius 2 is 2.00 bits per heavy atom. The number of hydrogen-bond acceptors (Lipinski definition) is 4. The number of amides is 1. The second kappa shape index (κ2) is 7.66. The minimum absolute atomic E-state index is 0.161. The van der Waals surface area contributed by atoms with Crippen LogP contribution in [-0.4, -0.2) is 20.4 Å². The molecule has 1 aliphatic rings. The molecule has 2 aromatic heterocycles. The van der Waals surface area contributed by atoms with Gasteiger partial charge in [0.25, 0.3) is 11.5 Å². The van der Waals surface area contributed by atoms with E-state index < -0.39 is 11.2 Å². The van der Waals surface area contributed by atoms with Gasteiger partial charge in [0.2, 0.25) is 0 Å². The number of aromatic nitrogens is 3. The van der Waals surface area contributed by atoms with Crippen LogP contribution in [0.1, 0.15) is 60.6 Å². The van der Waals surface area contributed by atoms with Crippen molar-refractivity contribution < 1.29 is 4.79 Å². The minimum atomic E-state index is -0.582. The van der Waals surface area contributed by atoms with Crippen molar-refractivity contribution >= 4 is 22.6 Å². The normalized spacial score (nSPS) is 13.6. The van der Waals surface area contributed by atoms with Crippen LogP contribution in [-0.2, 0) is 13.0 Å². The Labute approximate surface area is 167 Å². The lowest BCUT2D eigenvalue weighted by atomic mass is 10.1. The molecule has 0 atom stereocenters. The molecule has 0 radical (unpaired) electrons. The summed E-state index contributed by atoms with van der Waals surface area (Å²) < 4.78 is 1.46. The lowest BCUT2D eigenvalue weighted by molar-refractivity contribution is 0.102. The predicted octanol–water partition coefficient (Wildman–Crippen LogP) is 3.19. The maximum absolute atomic E-state index is 13.2. The van der Waals surface area contributed by atoms with Crippen molar-refractivity contribution in [1.82, 2.24) is 14.5 Å². The van der Waals surface area contributed by atoms with E-state index >= 15 is 0 Å². The molecule has 150 valence electrons. The first kappa shape index (κ1) is 19.1. The summed E-state index contributed by atoms with van der Waals surface area (Å²) in [5.41, 5.74) is 1.97. The van der Waals surface area contributed by atoms with E-state index in [1.807, 2.05) is 38.1 Å². The van der Waals surface area contributed by atoms with E-state index in [1.165, 1.54) is 4.57 Å². The van der Waals surface area contributed by atoms with Gasteiger partial charge >= 0.3 is 5.69 Å². The van der Waals surface area contributed by atoms with E-state index in [0.717, 1.165) is 36.2 Å². The van der Waals surface area contributed by atoms with E-state index in [1.54, 1.807) is 6.07 Å². The topological polar surface area (TPSA) is 96.9 Å². The minimum Gasteiger partial charge on any atom is -0.322 e. The first-order valence-electron chi connectivity index (χ1n) is 10.1. The summed E-state index contributed by atoms with van der Waals surface area (Å²) in [5.74, 6) is -0.0919. The van der Waals surface area contributed by atoms with Crippen molar-refractivity contribution in [3.8, 4) is 0 Å². The third-order valence-corrected chi connectivity index (χ3v) is 5.30. The highest BCUT2D eigenvalue weighted by molar-refractivity contribution is 6.12. The number of hydrogen-bond donors (Lipinski definition) is 2. The van der Waals surface area contributed by atoms with Crippen molar-refractivity contribution in [3.05, 3.63) is 68.0 Å². The van der Waals surface area contributed by atoms with E-state index in [9.17, 15) is 14.4 Å². The van der Waals surface area contributed by atoms with Gasteiger partial charge in [0.1, 0.15) is 0 Å². The van der Waals surface area contributed by atoms with Crippen LogP contribution in [0.2, 0.25) is 0 Å². The predicted molar refractivity (Wildman–Crippen MR) is 113 cm³/mol. The van der Waals surface area contributed by atoms with Gasteiger partial charge in [-0.1, -0.05) is 32.0 Å². The molecular formula is C22H24N4O3. The average molecular weight is 392 g/mol. The molecule has 0 aliphatic heterocycles. The lowest BCUT2D eigenvalue weighted by Crippen LogP contribution is -2.32. The number of aromatic amines is 1. The van der Waals surface area contributed by atoms with Crippen LogP contribution >= 0.6 is 0 Å². The van der Waals surface area contributed by atoms with Crippen molar-refractivity contribution in [2.24, 2.45) is 0 Å². The Morgan fingerprint density at radius 3 is 2.69 bits per heavy atom. The van der Waals surface area contributed by atoms with Gasteiger partial charge in [0.05, 0.1) is 10.9 Å². The SMILES string of the molecule is CCCn1c(=O)[nH]c(=O)c2c(C(=O)Nc3ccccc3CC)cc(C3CC3)nc21. The third kappa shape index (κ3) is 3.60. The monoisotopic (exact) mass is 392 g/mol. The molecule has 0 saturated heterocycles. The van der Waals surface area contributed by atoms with Crippen LogP contribution in [0.15, 0.2) is 39.9 Å². The van der Waals surface area contributed by atoms with Gasteiger partial charge in [-0.05, 0) is 43.4 Å². The fourth-order valence-electron chi connectivity index (χ4n) is 3.63. The Hall–Kier alpha value is -3.22. The molecular weight excluding hydrogens is 368 g/mol. The number of pyridine rings is 1. The van der Waals surface area contributed by atoms with Gasteiger partial charge in [0, 0.05) is 23.8 Å². The number of aryl methyl sites for hydroxylation is 2. The number of benzene rings is 1. The molecule has 0 unspecified atom stereocenters. The summed E-state index contributed by atoms with van der Waals surface area (Å²) in [7, 11) is 0. The van der Waals surface area contributed by atoms with Crippen molar-refractivity contribution in [2.75, 3.05) is 5.32 Å². The molecule has 3 aromatic rings. The van der Waals surface area contributed by atoms with Crippen molar-refractivity contribution in [1.29, 1.82) is 0 Å². The third-order valence-electron chi connectivity index (χ3n) is 5.30. The highest BCUT2D eigenvalue weighted by Crippen LogP contribution is 2.40.